The van der Waals surface area contributed by atoms with E-state index >= 15 is 0 Å². The standard InChI is InChI=1S/C17H20N2S/c1-2-6-13(7-3-1)20-11-17-15-9-5-4-8-14(15)16-10-18-12-19(16)17/h4-5,8-10,12-13,17H,1-3,6-7,11H2/t17-/m0/s1. The minimum Gasteiger partial charge on any atom is -0.322 e. The van der Waals surface area contributed by atoms with Gasteiger partial charge in [-0.25, -0.2) is 4.98 Å². The number of fused-ring (bicyclic) bond motifs is 3. The smallest absolute Gasteiger partial charge is 0.0957 e. The first-order chi connectivity index (χ1) is 9.93. The summed E-state index contributed by atoms with van der Waals surface area (Å²) in [5, 5.41) is 0.878. The normalized spacial score (nSPS) is 21.7. The first kappa shape index (κ1) is 12.5. The summed E-state index contributed by atoms with van der Waals surface area (Å²) < 4.78 is 2.36. The molecule has 1 aliphatic heterocycles. The lowest BCUT2D eigenvalue weighted by Crippen LogP contribution is -2.14. The maximum atomic E-state index is 4.34. The number of rotatable bonds is 3. The van der Waals surface area contributed by atoms with E-state index in [1.54, 1.807) is 0 Å². The largest absolute Gasteiger partial charge is 0.322 e. The van der Waals surface area contributed by atoms with Crippen LogP contribution in [0.4, 0.5) is 0 Å². The topological polar surface area (TPSA) is 17.8 Å². The van der Waals surface area contributed by atoms with Gasteiger partial charge in [-0.05, 0) is 18.4 Å². The number of benzene rings is 1. The second kappa shape index (κ2) is 5.28. The average molecular weight is 284 g/mol. The van der Waals surface area contributed by atoms with E-state index in [1.165, 1.54) is 54.7 Å². The molecule has 1 saturated carbocycles. The highest BCUT2D eigenvalue weighted by Gasteiger charge is 2.28. The number of aromatic nitrogens is 2. The first-order valence-electron chi connectivity index (χ1n) is 7.66. The van der Waals surface area contributed by atoms with E-state index < -0.39 is 0 Å². The molecule has 0 N–H and O–H groups in total. The third kappa shape index (κ3) is 2.08. The summed E-state index contributed by atoms with van der Waals surface area (Å²) in [7, 11) is 0. The van der Waals surface area contributed by atoms with Crippen LogP contribution in [0.2, 0.25) is 0 Å². The zero-order valence-electron chi connectivity index (χ0n) is 11.7. The molecule has 1 atom stereocenters. The van der Waals surface area contributed by atoms with Crippen LogP contribution in [0, 0.1) is 0 Å². The number of hydrogen-bond acceptors (Lipinski definition) is 2. The molecule has 1 aliphatic carbocycles. The average Bonchev–Trinajstić information content (AvgIpc) is 3.07. The van der Waals surface area contributed by atoms with Gasteiger partial charge in [-0.15, -0.1) is 0 Å². The van der Waals surface area contributed by atoms with Crippen LogP contribution in [-0.2, 0) is 0 Å². The lowest BCUT2D eigenvalue weighted by atomic mass is 10.0. The van der Waals surface area contributed by atoms with Crippen LogP contribution >= 0.6 is 11.8 Å². The summed E-state index contributed by atoms with van der Waals surface area (Å²) in [5.41, 5.74) is 4.14. The highest BCUT2D eigenvalue weighted by molar-refractivity contribution is 7.99. The lowest BCUT2D eigenvalue weighted by molar-refractivity contribution is 0.515. The molecular formula is C17H20N2S. The van der Waals surface area contributed by atoms with Crippen molar-refractivity contribution in [2.75, 3.05) is 5.75 Å². The van der Waals surface area contributed by atoms with Crippen molar-refractivity contribution in [2.24, 2.45) is 0 Å². The molecule has 1 fully saturated rings. The summed E-state index contributed by atoms with van der Waals surface area (Å²) in [6.07, 6.45) is 11.1. The quantitative estimate of drug-likeness (QED) is 0.824. The predicted molar refractivity (Wildman–Crippen MR) is 85.1 cm³/mol. The maximum Gasteiger partial charge on any atom is 0.0957 e. The van der Waals surface area contributed by atoms with Gasteiger partial charge in [0.05, 0.1) is 24.3 Å². The molecule has 3 heteroatoms. The Labute approximate surface area is 124 Å². The summed E-state index contributed by atoms with van der Waals surface area (Å²) in [6, 6.07) is 9.29. The molecule has 1 aromatic heterocycles. The van der Waals surface area contributed by atoms with Gasteiger partial charge in [0.15, 0.2) is 0 Å². The van der Waals surface area contributed by atoms with Crippen LogP contribution < -0.4 is 0 Å². The first-order valence-corrected chi connectivity index (χ1v) is 8.71. The molecule has 0 bridgehead atoms. The second-order valence-corrected chi connectivity index (χ2v) is 7.22. The van der Waals surface area contributed by atoms with Crippen molar-refractivity contribution in [1.29, 1.82) is 0 Å². The molecule has 20 heavy (non-hydrogen) atoms. The van der Waals surface area contributed by atoms with E-state index in [0.717, 1.165) is 5.25 Å². The van der Waals surface area contributed by atoms with Crippen LogP contribution in [0.15, 0.2) is 36.8 Å². The molecular weight excluding hydrogens is 264 g/mol. The van der Waals surface area contributed by atoms with Crippen molar-refractivity contribution in [3.05, 3.63) is 42.4 Å². The summed E-state index contributed by atoms with van der Waals surface area (Å²) in [5.74, 6) is 1.19. The molecule has 104 valence electrons. The molecule has 2 heterocycles. The number of imidazole rings is 1. The van der Waals surface area contributed by atoms with E-state index in [-0.39, 0.29) is 0 Å². The molecule has 0 amide bonds. The SMILES string of the molecule is c1ccc2c(c1)-c1cncn1[C@H]2CSC1CCCCC1. The van der Waals surface area contributed by atoms with Crippen molar-refractivity contribution in [2.45, 2.75) is 43.4 Å². The fourth-order valence-electron chi connectivity index (χ4n) is 3.56. The van der Waals surface area contributed by atoms with Crippen LogP contribution in [0.3, 0.4) is 0 Å². The van der Waals surface area contributed by atoms with E-state index in [9.17, 15) is 0 Å². The Kier molecular flexibility index (Phi) is 3.31. The molecule has 0 saturated heterocycles. The van der Waals surface area contributed by atoms with Gasteiger partial charge >= 0.3 is 0 Å². The molecule has 2 nitrogen and oxygen atoms in total. The molecule has 2 aromatic rings. The molecule has 0 unspecified atom stereocenters. The van der Waals surface area contributed by atoms with Gasteiger partial charge < -0.3 is 4.57 Å². The van der Waals surface area contributed by atoms with Crippen LogP contribution in [0.5, 0.6) is 0 Å². The zero-order valence-corrected chi connectivity index (χ0v) is 12.5. The van der Waals surface area contributed by atoms with Gasteiger partial charge in [0.1, 0.15) is 0 Å². The van der Waals surface area contributed by atoms with Crippen molar-refractivity contribution < 1.29 is 0 Å². The Morgan fingerprint density at radius 3 is 2.90 bits per heavy atom. The zero-order chi connectivity index (χ0) is 13.4. The van der Waals surface area contributed by atoms with Gasteiger partial charge in [0.2, 0.25) is 0 Å². The molecule has 0 radical (unpaired) electrons. The Hall–Kier alpha value is -1.22. The fraction of sp³-hybridized carbons (Fsp3) is 0.471. The minimum atomic E-state index is 0.482. The monoisotopic (exact) mass is 284 g/mol. The third-order valence-corrected chi connectivity index (χ3v) is 6.09. The van der Waals surface area contributed by atoms with E-state index in [0.29, 0.717) is 6.04 Å². The second-order valence-electron chi connectivity index (χ2n) is 5.88. The number of nitrogens with zero attached hydrogens (tertiary/aromatic N) is 2. The summed E-state index contributed by atoms with van der Waals surface area (Å²) in [6.45, 7) is 0. The van der Waals surface area contributed by atoms with Crippen LogP contribution in [0.25, 0.3) is 11.3 Å². The van der Waals surface area contributed by atoms with E-state index in [4.69, 9.17) is 0 Å². The molecule has 0 spiro atoms. The number of hydrogen-bond donors (Lipinski definition) is 0. The van der Waals surface area contributed by atoms with Crippen LogP contribution in [-0.4, -0.2) is 20.6 Å². The number of thioether (sulfide) groups is 1. The molecule has 4 rings (SSSR count). The van der Waals surface area contributed by atoms with E-state index in [2.05, 4.69) is 45.6 Å². The van der Waals surface area contributed by atoms with Crippen LogP contribution in [0.1, 0.15) is 43.7 Å². The van der Waals surface area contributed by atoms with Crippen molar-refractivity contribution in [1.82, 2.24) is 9.55 Å². The molecule has 1 aromatic carbocycles. The van der Waals surface area contributed by atoms with Gasteiger partial charge in [-0.3, -0.25) is 0 Å². The van der Waals surface area contributed by atoms with Gasteiger partial charge in [-0.2, -0.15) is 11.8 Å². The maximum absolute atomic E-state index is 4.34. The Morgan fingerprint density at radius 1 is 1.15 bits per heavy atom. The van der Waals surface area contributed by atoms with Gasteiger partial charge in [-0.1, -0.05) is 43.5 Å². The van der Waals surface area contributed by atoms with Crippen molar-refractivity contribution in [3.63, 3.8) is 0 Å². The predicted octanol–water partition coefficient (Wildman–Crippen LogP) is 4.52. The minimum absolute atomic E-state index is 0.482. The summed E-state index contributed by atoms with van der Waals surface area (Å²) >= 11 is 2.18. The fourth-order valence-corrected chi connectivity index (χ4v) is 5.02. The van der Waals surface area contributed by atoms with Crippen molar-refractivity contribution >= 4 is 11.8 Å². The Balaban J connectivity index is 1.56. The van der Waals surface area contributed by atoms with Crippen molar-refractivity contribution in [3.8, 4) is 11.3 Å². The van der Waals surface area contributed by atoms with E-state index in [1.807, 2.05) is 12.5 Å². The molecule has 2 aliphatic rings. The third-order valence-electron chi connectivity index (χ3n) is 4.64. The van der Waals surface area contributed by atoms with Gasteiger partial charge in [0, 0.05) is 16.6 Å². The highest BCUT2D eigenvalue weighted by atomic mass is 32.2. The Morgan fingerprint density at radius 2 is 2.00 bits per heavy atom. The highest BCUT2D eigenvalue weighted by Crippen LogP contribution is 2.41. The Bertz CT molecular complexity index is 599. The summed E-state index contributed by atoms with van der Waals surface area (Å²) in [4.78, 5) is 4.34. The lowest BCUT2D eigenvalue weighted by Gasteiger charge is -2.23. The van der Waals surface area contributed by atoms with Gasteiger partial charge in [0.25, 0.3) is 0 Å².